The zero-order valence-electron chi connectivity index (χ0n) is 34.1. The molecule has 0 fully saturated rings. The van der Waals surface area contributed by atoms with Crippen LogP contribution in [0.1, 0.15) is 51.3 Å². The predicted molar refractivity (Wildman–Crippen MR) is 256 cm³/mol. The van der Waals surface area contributed by atoms with Gasteiger partial charge < -0.3 is 13.8 Å². The number of anilines is 2. The van der Waals surface area contributed by atoms with Crippen LogP contribution in [-0.2, 0) is 10.8 Å². The van der Waals surface area contributed by atoms with Gasteiger partial charge in [-0.15, -0.1) is 11.3 Å². The normalized spacial score (nSPS) is 14.8. The van der Waals surface area contributed by atoms with Gasteiger partial charge in [0.2, 0.25) is 0 Å². The Morgan fingerprint density at radius 2 is 1.35 bits per heavy atom. The van der Waals surface area contributed by atoms with Gasteiger partial charge in [0.1, 0.15) is 11.2 Å². The van der Waals surface area contributed by atoms with Gasteiger partial charge in [-0.3, -0.25) is 0 Å². The van der Waals surface area contributed by atoms with E-state index >= 15 is 0 Å². The predicted octanol–water partition coefficient (Wildman–Crippen LogP) is 13.9. The molecule has 0 N–H and O–H groups in total. The SMILES string of the molecule is CC(C)(C)c1ccc(N2B3c4cc5c(cc4-n4c6ccc7c8ccccc8oc7c6c6ccc(c3c64)-c3cc4c(cc32)sc2ccccc24)C(C)(C)c2ccccc2-5)cc1. The van der Waals surface area contributed by atoms with E-state index in [0.29, 0.717) is 0 Å². The standard InChI is InChI=1S/C55H39BN2OS/c1-54(2,3)30-18-20-31(21-19-30)58-45-29-49-40(34-14-8-11-17-48(34)60-49)26-39(45)35-22-23-37-50-44(25-24-36-33-13-7-10-16-47(33)59-53(36)50)57-46-28-42-38(27-43(46)56(58)51(35)52(37)57)32-12-6-9-15-41(32)55(42,4)5/h6-29H,1-5H3. The fraction of sp³-hybridized carbons (Fsp3) is 0.127. The number of fused-ring (bicyclic) bond motifs is 18. The number of furan rings is 1. The van der Waals surface area contributed by atoms with Gasteiger partial charge in [-0.05, 0) is 104 Å². The third-order valence-electron chi connectivity index (χ3n) is 14.3. The molecule has 11 aromatic rings. The summed E-state index contributed by atoms with van der Waals surface area (Å²) in [5.41, 5.74) is 20.0. The van der Waals surface area contributed by atoms with Gasteiger partial charge in [0.15, 0.2) is 0 Å². The molecule has 2 aliphatic heterocycles. The Morgan fingerprint density at radius 1 is 0.583 bits per heavy atom. The topological polar surface area (TPSA) is 21.3 Å². The number of hydrogen-bond acceptors (Lipinski definition) is 3. The molecule has 5 heteroatoms. The average Bonchev–Trinajstić information content (AvgIpc) is 3.98. The molecule has 0 atom stereocenters. The van der Waals surface area contributed by atoms with E-state index in [4.69, 9.17) is 4.42 Å². The van der Waals surface area contributed by atoms with Crippen LogP contribution in [0, 0.1) is 0 Å². The minimum absolute atomic E-state index is 0.0431. The van der Waals surface area contributed by atoms with Gasteiger partial charge in [-0.25, -0.2) is 0 Å². The van der Waals surface area contributed by atoms with Gasteiger partial charge in [-0.1, -0.05) is 126 Å². The van der Waals surface area contributed by atoms with Crippen LogP contribution in [0.3, 0.4) is 0 Å². The summed E-state index contributed by atoms with van der Waals surface area (Å²) in [6, 6.07) is 55.4. The molecule has 0 spiro atoms. The van der Waals surface area contributed by atoms with Gasteiger partial charge in [0, 0.05) is 64.4 Å². The molecule has 14 rings (SSSR count). The summed E-state index contributed by atoms with van der Waals surface area (Å²) >= 11 is 1.90. The first-order valence-corrected chi connectivity index (χ1v) is 22.0. The van der Waals surface area contributed by atoms with E-state index in [2.05, 4.69) is 190 Å². The maximum Gasteiger partial charge on any atom is 0.333 e. The minimum Gasteiger partial charge on any atom is -0.455 e. The summed E-state index contributed by atoms with van der Waals surface area (Å²) < 4.78 is 12.1. The average molecular weight is 787 g/mol. The van der Waals surface area contributed by atoms with Crippen molar-refractivity contribution in [1.82, 2.24) is 4.57 Å². The largest absolute Gasteiger partial charge is 0.455 e. The van der Waals surface area contributed by atoms with Crippen LogP contribution in [-0.4, -0.2) is 11.4 Å². The highest BCUT2D eigenvalue weighted by Gasteiger charge is 2.46. The van der Waals surface area contributed by atoms with E-state index in [0.717, 1.165) is 21.9 Å². The fourth-order valence-electron chi connectivity index (χ4n) is 11.5. The highest BCUT2D eigenvalue weighted by atomic mass is 32.1. The van der Waals surface area contributed by atoms with Crippen molar-refractivity contribution in [3.63, 3.8) is 0 Å². The molecular formula is C55H39BN2OS. The van der Waals surface area contributed by atoms with E-state index in [-0.39, 0.29) is 17.7 Å². The molecule has 0 saturated carbocycles. The Morgan fingerprint density at radius 3 is 2.20 bits per heavy atom. The maximum atomic E-state index is 6.87. The summed E-state index contributed by atoms with van der Waals surface area (Å²) in [6.45, 7) is 11.6. The van der Waals surface area contributed by atoms with E-state index in [1.165, 1.54) is 109 Å². The fourth-order valence-corrected chi connectivity index (χ4v) is 12.6. The second-order valence-electron chi connectivity index (χ2n) is 18.9. The molecule has 5 heterocycles. The monoisotopic (exact) mass is 786 g/mol. The minimum atomic E-state index is -0.147. The molecule has 0 amide bonds. The Bertz CT molecular complexity index is 3740. The first kappa shape index (κ1) is 33.3. The van der Waals surface area contributed by atoms with E-state index < -0.39 is 0 Å². The molecule has 0 saturated heterocycles. The number of hydrogen-bond donors (Lipinski definition) is 0. The van der Waals surface area contributed by atoms with E-state index in [1.54, 1.807) is 0 Å². The lowest BCUT2D eigenvalue weighted by atomic mass is 9.43. The Labute approximate surface area is 352 Å². The summed E-state index contributed by atoms with van der Waals surface area (Å²) in [4.78, 5) is 2.68. The van der Waals surface area contributed by atoms with Gasteiger partial charge >= 0.3 is 6.85 Å². The number of thiophene rings is 1. The van der Waals surface area contributed by atoms with Crippen molar-refractivity contribution < 1.29 is 4.42 Å². The molecule has 284 valence electrons. The van der Waals surface area contributed by atoms with Crippen molar-refractivity contribution in [3.05, 3.63) is 162 Å². The zero-order valence-corrected chi connectivity index (χ0v) is 35.0. The van der Waals surface area contributed by atoms with Crippen LogP contribution in [0.4, 0.5) is 11.4 Å². The van der Waals surface area contributed by atoms with Crippen LogP contribution < -0.4 is 15.7 Å². The molecular weight excluding hydrogens is 747 g/mol. The van der Waals surface area contributed by atoms with Crippen LogP contribution in [0.2, 0.25) is 0 Å². The number of aromatic nitrogens is 1. The van der Waals surface area contributed by atoms with Crippen LogP contribution in [0.15, 0.2) is 150 Å². The van der Waals surface area contributed by atoms with Crippen molar-refractivity contribution in [1.29, 1.82) is 0 Å². The molecule has 0 bridgehead atoms. The van der Waals surface area contributed by atoms with Gasteiger partial charge in [0.05, 0.1) is 16.4 Å². The summed E-state index contributed by atoms with van der Waals surface area (Å²) in [5.74, 6) is 0. The molecule has 1 aliphatic carbocycles. The molecule has 3 aliphatic rings. The molecule has 3 aromatic heterocycles. The van der Waals surface area contributed by atoms with Crippen LogP contribution in [0.5, 0.6) is 0 Å². The molecule has 0 radical (unpaired) electrons. The third kappa shape index (κ3) is 4.02. The van der Waals surface area contributed by atoms with Crippen molar-refractivity contribution >= 4 is 104 Å². The molecule has 8 aromatic carbocycles. The zero-order chi connectivity index (χ0) is 40.0. The molecule has 0 unspecified atom stereocenters. The van der Waals surface area contributed by atoms with Crippen molar-refractivity contribution in [2.24, 2.45) is 0 Å². The maximum absolute atomic E-state index is 6.87. The van der Waals surface area contributed by atoms with Gasteiger partial charge in [0.25, 0.3) is 0 Å². The lowest BCUT2D eigenvalue weighted by Crippen LogP contribution is -2.60. The van der Waals surface area contributed by atoms with Crippen molar-refractivity contribution in [3.8, 4) is 27.9 Å². The van der Waals surface area contributed by atoms with E-state index in [9.17, 15) is 0 Å². The van der Waals surface area contributed by atoms with Crippen LogP contribution in [0.25, 0.3) is 91.9 Å². The second-order valence-corrected chi connectivity index (χ2v) is 19.9. The Hall–Kier alpha value is -6.56. The first-order chi connectivity index (χ1) is 29.1. The van der Waals surface area contributed by atoms with E-state index in [1.807, 2.05) is 11.3 Å². The van der Waals surface area contributed by atoms with Crippen LogP contribution >= 0.6 is 11.3 Å². The van der Waals surface area contributed by atoms with Gasteiger partial charge in [-0.2, -0.15) is 0 Å². The lowest BCUT2D eigenvalue weighted by Gasteiger charge is -2.42. The third-order valence-corrected chi connectivity index (χ3v) is 15.5. The summed E-state index contributed by atoms with van der Waals surface area (Å²) in [7, 11) is 0. The Balaban J connectivity index is 1.17. The lowest BCUT2D eigenvalue weighted by molar-refractivity contribution is 0.590. The van der Waals surface area contributed by atoms with Crippen molar-refractivity contribution in [2.45, 2.75) is 45.4 Å². The van der Waals surface area contributed by atoms with Crippen molar-refractivity contribution in [2.75, 3.05) is 4.81 Å². The number of nitrogens with zero attached hydrogens (tertiary/aromatic N) is 2. The molecule has 3 nitrogen and oxygen atoms in total. The second kappa shape index (κ2) is 11.0. The number of benzene rings is 8. The smallest absolute Gasteiger partial charge is 0.333 e. The molecule has 60 heavy (non-hydrogen) atoms. The number of rotatable bonds is 1. The highest BCUT2D eigenvalue weighted by Crippen LogP contribution is 2.53. The summed E-state index contributed by atoms with van der Waals surface area (Å²) in [5, 5.41) is 7.38. The summed E-state index contributed by atoms with van der Waals surface area (Å²) in [6.07, 6.45) is 0. The highest BCUT2D eigenvalue weighted by molar-refractivity contribution is 7.25. The number of para-hydroxylation sites is 1. The first-order valence-electron chi connectivity index (χ1n) is 21.2. The Kier molecular flexibility index (Phi) is 6.09. The quantitative estimate of drug-likeness (QED) is 0.155.